The maximum absolute atomic E-state index is 13.2. The normalized spacial score (nSPS) is 11.5. The lowest BCUT2D eigenvalue weighted by Gasteiger charge is -2.29. The fourth-order valence-corrected chi connectivity index (χ4v) is 2.99. The molecule has 0 saturated carbocycles. The van der Waals surface area contributed by atoms with Crippen LogP contribution in [0.25, 0.3) is 0 Å². The van der Waals surface area contributed by atoms with Crippen LogP contribution < -0.4 is 14.8 Å². The van der Waals surface area contributed by atoms with Crippen LogP contribution in [0.1, 0.15) is 38.7 Å². The average Bonchev–Trinajstić information content (AvgIpc) is 2.79. The van der Waals surface area contributed by atoms with E-state index in [1.807, 2.05) is 31.2 Å². The molecule has 1 atom stereocenters. The maximum Gasteiger partial charge on any atom is 0.242 e. The summed E-state index contributed by atoms with van der Waals surface area (Å²) in [6.45, 7) is 4.84. The van der Waals surface area contributed by atoms with Crippen molar-refractivity contribution >= 4 is 11.8 Å². The third-order valence-electron chi connectivity index (χ3n) is 4.85. The van der Waals surface area contributed by atoms with Crippen LogP contribution in [0.3, 0.4) is 0 Å². The number of carbonyl (C=O) groups is 2. The second-order valence-corrected chi connectivity index (χ2v) is 7.24. The smallest absolute Gasteiger partial charge is 0.242 e. The van der Waals surface area contributed by atoms with Crippen LogP contribution in [0.2, 0.25) is 0 Å². The van der Waals surface area contributed by atoms with Crippen molar-refractivity contribution in [3.05, 3.63) is 59.9 Å². The van der Waals surface area contributed by atoms with Gasteiger partial charge in [0.05, 0.1) is 13.7 Å². The van der Waals surface area contributed by atoms with Gasteiger partial charge in [0.1, 0.15) is 23.4 Å². The van der Waals surface area contributed by atoms with Crippen molar-refractivity contribution in [1.29, 1.82) is 0 Å². The van der Waals surface area contributed by atoms with E-state index in [4.69, 9.17) is 9.47 Å². The van der Waals surface area contributed by atoms with Crippen molar-refractivity contribution < 1.29 is 23.5 Å². The SMILES string of the molecule is CCCNC(=O)[C@@H](C)N(Cc1ccc(F)cc1)C(=O)CCCOc1ccc(OC)cc1. The van der Waals surface area contributed by atoms with Gasteiger partial charge in [-0.2, -0.15) is 0 Å². The van der Waals surface area contributed by atoms with Crippen molar-refractivity contribution in [3.63, 3.8) is 0 Å². The third kappa shape index (κ3) is 7.92. The molecule has 2 aromatic carbocycles. The van der Waals surface area contributed by atoms with Crippen molar-refractivity contribution in [2.75, 3.05) is 20.3 Å². The van der Waals surface area contributed by atoms with Crippen LogP contribution in [0.15, 0.2) is 48.5 Å². The van der Waals surface area contributed by atoms with E-state index < -0.39 is 6.04 Å². The van der Waals surface area contributed by atoms with Crippen molar-refractivity contribution in [1.82, 2.24) is 10.2 Å². The molecule has 168 valence electrons. The Labute approximate surface area is 183 Å². The molecule has 0 aliphatic heterocycles. The molecule has 0 radical (unpaired) electrons. The van der Waals surface area contributed by atoms with Crippen LogP contribution in [-0.2, 0) is 16.1 Å². The number of hydrogen-bond acceptors (Lipinski definition) is 4. The first-order chi connectivity index (χ1) is 14.9. The van der Waals surface area contributed by atoms with Crippen molar-refractivity contribution in [3.8, 4) is 11.5 Å². The first kappa shape index (κ1) is 24.2. The third-order valence-corrected chi connectivity index (χ3v) is 4.85. The fraction of sp³-hybridized carbons (Fsp3) is 0.417. The number of nitrogens with one attached hydrogen (secondary N) is 1. The van der Waals surface area contributed by atoms with Gasteiger partial charge in [-0.1, -0.05) is 19.1 Å². The average molecular weight is 431 g/mol. The molecule has 0 aromatic heterocycles. The molecule has 7 heteroatoms. The van der Waals surface area contributed by atoms with Crippen LogP contribution in [0.4, 0.5) is 4.39 Å². The van der Waals surface area contributed by atoms with Gasteiger partial charge in [0.25, 0.3) is 0 Å². The van der Waals surface area contributed by atoms with E-state index in [9.17, 15) is 14.0 Å². The Morgan fingerprint density at radius 3 is 2.32 bits per heavy atom. The Balaban J connectivity index is 1.95. The van der Waals surface area contributed by atoms with Crippen LogP contribution in [0.5, 0.6) is 11.5 Å². The molecule has 0 heterocycles. The molecule has 0 saturated heterocycles. The molecule has 0 aliphatic rings. The Bertz CT molecular complexity index is 824. The summed E-state index contributed by atoms with van der Waals surface area (Å²) in [5.74, 6) is 0.748. The Morgan fingerprint density at radius 1 is 1.06 bits per heavy atom. The van der Waals surface area contributed by atoms with Gasteiger partial charge in [-0.25, -0.2) is 4.39 Å². The lowest BCUT2D eigenvalue weighted by Crippen LogP contribution is -2.47. The van der Waals surface area contributed by atoms with Gasteiger partial charge in [0.2, 0.25) is 11.8 Å². The molecule has 2 aromatic rings. The Kier molecular flexibility index (Phi) is 9.81. The summed E-state index contributed by atoms with van der Waals surface area (Å²) in [5.41, 5.74) is 0.763. The first-order valence-corrected chi connectivity index (χ1v) is 10.5. The van der Waals surface area contributed by atoms with E-state index in [0.717, 1.165) is 17.7 Å². The maximum atomic E-state index is 13.2. The molecule has 6 nitrogen and oxygen atoms in total. The highest BCUT2D eigenvalue weighted by Crippen LogP contribution is 2.18. The van der Waals surface area contributed by atoms with E-state index in [1.165, 1.54) is 17.0 Å². The summed E-state index contributed by atoms with van der Waals surface area (Å²) >= 11 is 0. The number of nitrogens with zero attached hydrogens (tertiary/aromatic N) is 1. The number of hydrogen-bond donors (Lipinski definition) is 1. The summed E-state index contributed by atoms with van der Waals surface area (Å²) < 4.78 is 24.0. The molecular formula is C24H31FN2O4. The van der Waals surface area contributed by atoms with E-state index in [2.05, 4.69) is 5.32 Å². The standard InChI is InChI=1S/C24H31FN2O4/c1-4-15-26-24(29)18(2)27(17-19-7-9-20(25)10-8-19)23(28)6-5-16-31-22-13-11-21(30-3)12-14-22/h7-14,18H,4-6,15-17H2,1-3H3,(H,26,29)/t18-/m1/s1. The molecule has 0 bridgehead atoms. The largest absolute Gasteiger partial charge is 0.497 e. The number of benzene rings is 2. The molecular weight excluding hydrogens is 399 g/mol. The number of rotatable bonds is 12. The predicted octanol–water partition coefficient (Wildman–Crippen LogP) is 3.94. The van der Waals surface area contributed by atoms with Crippen molar-refractivity contribution in [2.45, 2.75) is 45.7 Å². The zero-order chi connectivity index (χ0) is 22.6. The van der Waals surface area contributed by atoms with Crippen LogP contribution >= 0.6 is 0 Å². The van der Waals surface area contributed by atoms with Gasteiger partial charge in [0, 0.05) is 19.5 Å². The quantitative estimate of drug-likeness (QED) is 0.518. The molecule has 0 unspecified atom stereocenters. The highest BCUT2D eigenvalue weighted by Gasteiger charge is 2.25. The summed E-state index contributed by atoms with van der Waals surface area (Å²) in [6.07, 6.45) is 1.56. The molecule has 2 amide bonds. The van der Waals surface area contributed by atoms with E-state index >= 15 is 0 Å². The van der Waals surface area contributed by atoms with Gasteiger partial charge in [-0.15, -0.1) is 0 Å². The first-order valence-electron chi connectivity index (χ1n) is 10.5. The van der Waals surface area contributed by atoms with E-state index in [0.29, 0.717) is 25.3 Å². The summed E-state index contributed by atoms with van der Waals surface area (Å²) in [7, 11) is 1.60. The molecule has 2 rings (SSSR count). The Morgan fingerprint density at radius 2 is 1.71 bits per heavy atom. The van der Waals surface area contributed by atoms with Crippen molar-refractivity contribution in [2.24, 2.45) is 0 Å². The Hall–Kier alpha value is -3.09. The predicted molar refractivity (Wildman–Crippen MR) is 117 cm³/mol. The summed E-state index contributed by atoms with van der Waals surface area (Å²) in [4.78, 5) is 26.9. The number of halogens is 1. The molecule has 1 N–H and O–H groups in total. The highest BCUT2D eigenvalue weighted by atomic mass is 19.1. The molecule has 0 spiro atoms. The topological polar surface area (TPSA) is 67.9 Å². The number of carbonyl (C=O) groups excluding carboxylic acids is 2. The van der Waals surface area contributed by atoms with Gasteiger partial charge < -0.3 is 19.7 Å². The van der Waals surface area contributed by atoms with Gasteiger partial charge in [0.15, 0.2) is 0 Å². The van der Waals surface area contributed by atoms with Gasteiger partial charge >= 0.3 is 0 Å². The molecule has 0 aliphatic carbocycles. The lowest BCUT2D eigenvalue weighted by atomic mass is 10.1. The lowest BCUT2D eigenvalue weighted by molar-refractivity contribution is -0.140. The number of amides is 2. The minimum Gasteiger partial charge on any atom is -0.497 e. The second kappa shape index (κ2) is 12.6. The van der Waals surface area contributed by atoms with E-state index in [-0.39, 0.29) is 30.6 Å². The van der Waals surface area contributed by atoms with Gasteiger partial charge in [-0.05, 0) is 61.7 Å². The highest BCUT2D eigenvalue weighted by molar-refractivity contribution is 5.87. The second-order valence-electron chi connectivity index (χ2n) is 7.24. The summed E-state index contributed by atoms with van der Waals surface area (Å²) in [5, 5.41) is 2.83. The van der Waals surface area contributed by atoms with E-state index in [1.54, 1.807) is 26.2 Å². The van der Waals surface area contributed by atoms with Gasteiger partial charge in [-0.3, -0.25) is 9.59 Å². The van der Waals surface area contributed by atoms with Crippen LogP contribution in [-0.4, -0.2) is 43.0 Å². The zero-order valence-electron chi connectivity index (χ0n) is 18.4. The minimum atomic E-state index is -0.633. The molecule has 31 heavy (non-hydrogen) atoms. The fourth-order valence-electron chi connectivity index (χ4n) is 2.99. The number of methoxy groups -OCH3 is 1. The van der Waals surface area contributed by atoms with Crippen LogP contribution in [0, 0.1) is 5.82 Å². The summed E-state index contributed by atoms with van der Waals surface area (Å²) in [6, 6.07) is 12.5. The monoisotopic (exact) mass is 430 g/mol. The zero-order valence-corrected chi connectivity index (χ0v) is 18.4. The molecule has 0 fully saturated rings. The number of ether oxygens (including phenoxy) is 2. The minimum absolute atomic E-state index is 0.151.